The van der Waals surface area contributed by atoms with E-state index in [9.17, 15) is 5.11 Å². The molecule has 2 aromatic heterocycles. The van der Waals surface area contributed by atoms with Crippen LogP contribution in [0.1, 0.15) is 18.7 Å². The lowest BCUT2D eigenvalue weighted by Crippen LogP contribution is -2.24. The van der Waals surface area contributed by atoms with Gasteiger partial charge in [0.1, 0.15) is 6.10 Å². The van der Waals surface area contributed by atoms with Crippen LogP contribution in [0.2, 0.25) is 0 Å². The van der Waals surface area contributed by atoms with Crippen LogP contribution in [-0.4, -0.2) is 32.6 Å². The summed E-state index contributed by atoms with van der Waals surface area (Å²) in [6.45, 7) is 1.73. The maximum atomic E-state index is 9.80. The molecule has 0 amide bonds. The second-order valence-corrected chi connectivity index (χ2v) is 3.65. The second-order valence-electron chi connectivity index (χ2n) is 3.65. The molecule has 2 heterocycles. The number of nitrogens with two attached hydrogens (primary N) is 1. The van der Waals surface area contributed by atoms with Crippen molar-refractivity contribution < 1.29 is 9.84 Å². The summed E-state index contributed by atoms with van der Waals surface area (Å²) in [5, 5.41) is 9.80. The van der Waals surface area contributed by atoms with Gasteiger partial charge in [0.2, 0.25) is 5.88 Å². The van der Waals surface area contributed by atoms with E-state index in [4.69, 9.17) is 10.5 Å². The summed E-state index contributed by atoms with van der Waals surface area (Å²) in [5.41, 5.74) is 6.75. The largest absolute Gasteiger partial charge is 0.481 e. The molecule has 0 bridgehead atoms. The molecule has 0 saturated carbocycles. The first-order chi connectivity index (χ1) is 7.63. The first-order valence-corrected chi connectivity index (χ1v) is 4.94. The van der Waals surface area contributed by atoms with Crippen LogP contribution in [0.3, 0.4) is 0 Å². The van der Waals surface area contributed by atoms with Crippen LogP contribution < -0.4 is 10.5 Å². The number of hydrogen-bond acceptors (Lipinski definition) is 5. The Balaban J connectivity index is 2.51. The van der Waals surface area contributed by atoms with Gasteiger partial charge in [-0.15, -0.1) is 0 Å². The molecule has 0 aromatic carbocycles. The van der Waals surface area contributed by atoms with E-state index in [1.54, 1.807) is 37.0 Å². The quantitative estimate of drug-likeness (QED) is 0.770. The molecule has 0 saturated heterocycles. The molecule has 2 unspecified atom stereocenters. The third-order valence-electron chi connectivity index (χ3n) is 2.37. The summed E-state index contributed by atoms with van der Waals surface area (Å²) in [6.07, 6.45) is 4.09. The molecule has 2 aromatic rings. The molecule has 3 N–H and O–H groups in total. The fourth-order valence-electron chi connectivity index (χ4n) is 1.47. The van der Waals surface area contributed by atoms with Crippen LogP contribution in [0.4, 0.5) is 0 Å². The Morgan fingerprint density at radius 3 is 2.88 bits per heavy atom. The maximum absolute atomic E-state index is 9.80. The summed E-state index contributed by atoms with van der Waals surface area (Å²) in [7, 11) is 1.55. The van der Waals surface area contributed by atoms with Gasteiger partial charge in [0.15, 0.2) is 5.65 Å². The highest BCUT2D eigenvalue weighted by Crippen LogP contribution is 2.19. The normalized spacial score (nSPS) is 15.0. The summed E-state index contributed by atoms with van der Waals surface area (Å²) in [6, 6.07) is -0.371. The van der Waals surface area contributed by atoms with Crippen LogP contribution in [0.5, 0.6) is 5.88 Å². The maximum Gasteiger partial charge on any atom is 0.218 e. The van der Waals surface area contributed by atoms with Gasteiger partial charge in [0.05, 0.1) is 25.2 Å². The van der Waals surface area contributed by atoms with Crippen molar-refractivity contribution in [2.45, 2.75) is 19.1 Å². The molecule has 0 radical (unpaired) electrons. The third kappa shape index (κ3) is 1.72. The summed E-state index contributed by atoms with van der Waals surface area (Å²) in [4.78, 5) is 8.21. The lowest BCUT2D eigenvalue weighted by atomic mass is 10.1. The van der Waals surface area contributed by atoms with E-state index in [0.29, 0.717) is 17.2 Å². The highest BCUT2D eigenvalue weighted by atomic mass is 16.5. The Bertz CT molecular complexity index is 495. The predicted octanol–water partition coefficient (Wildman–Crippen LogP) is 0.118. The van der Waals surface area contributed by atoms with Crippen LogP contribution in [0, 0.1) is 0 Å². The fraction of sp³-hybridized carbons (Fsp3) is 0.400. The molecule has 2 atom stereocenters. The minimum Gasteiger partial charge on any atom is -0.481 e. The molecule has 6 nitrogen and oxygen atoms in total. The molecule has 0 aliphatic carbocycles. The molecule has 0 fully saturated rings. The Morgan fingerprint density at radius 1 is 1.50 bits per heavy atom. The minimum atomic E-state index is -0.787. The third-order valence-corrected chi connectivity index (χ3v) is 2.37. The van der Waals surface area contributed by atoms with E-state index >= 15 is 0 Å². The fourth-order valence-corrected chi connectivity index (χ4v) is 1.47. The van der Waals surface area contributed by atoms with Crippen molar-refractivity contribution in [1.82, 2.24) is 14.4 Å². The number of aromatic nitrogens is 3. The zero-order chi connectivity index (χ0) is 11.7. The van der Waals surface area contributed by atoms with Crippen LogP contribution in [0.25, 0.3) is 5.65 Å². The van der Waals surface area contributed by atoms with Gasteiger partial charge >= 0.3 is 0 Å². The number of rotatable bonds is 3. The van der Waals surface area contributed by atoms with Crippen LogP contribution >= 0.6 is 0 Å². The molecule has 16 heavy (non-hydrogen) atoms. The Kier molecular flexibility index (Phi) is 2.76. The standard InChI is InChI=1S/C10H14N4O2/c1-6(11)10(15)7-5-14-8(13-7)3-12-4-9(14)16-2/h3-6,10,15H,11H2,1-2H3. The lowest BCUT2D eigenvalue weighted by Gasteiger charge is -2.10. The second kappa shape index (κ2) is 4.07. The summed E-state index contributed by atoms with van der Waals surface area (Å²) < 4.78 is 6.84. The van der Waals surface area contributed by atoms with Crippen molar-refractivity contribution in [3.05, 3.63) is 24.3 Å². The SMILES string of the molecule is COc1cncc2nc(C(O)C(C)N)cn12. The number of nitrogens with zero attached hydrogens (tertiary/aromatic N) is 3. The van der Waals surface area contributed by atoms with E-state index in [-0.39, 0.29) is 6.04 Å². The number of aliphatic hydroxyl groups is 1. The lowest BCUT2D eigenvalue weighted by molar-refractivity contribution is 0.149. The van der Waals surface area contributed by atoms with Crippen LogP contribution in [0.15, 0.2) is 18.6 Å². The van der Waals surface area contributed by atoms with Crippen molar-refractivity contribution in [3.8, 4) is 5.88 Å². The zero-order valence-electron chi connectivity index (χ0n) is 9.16. The number of aliphatic hydroxyl groups excluding tert-OH is 1. The minimum absolute atomic E-state index is 0.371. The van der Waals surface area contributed by atoms with Gasteiger partial charge in [0.25, 0.3) is 0 Å². The number of fused-ring (bicyclic) bond motifs is 1. The van der Waals surface area contributed by atoms with Crippen LogP contribution in [-0.2, 0) is 0 Å². The van der Waals surface area contributed by atoms with Crippen molar-refractivity contribution in [3.63, 3.8) is 0 Å². The molecule has 6 heteroatoms. The molecule has 86 valence electrons. The number of imidazole rings is 1. The monoisotopic (exact) mass is 222 g/mol. The van der Waals surface area contributed by atoms with E-state index in [1.165, 1.54) is 0 Å². The zero-order valence-corrected chi connectivity index (χ0v) is 9.16. The topological polar surface area (TPSA) is 85.7 Å². The van der Waals surface area contributed by atoms with E-state index < -0.39 is 6.10 Å². The van der Waals surface area contributed by atoms with E-state index in [1.807, 2.05) is 0 Å². The highest BCUT2D eigenvalue weighted by molar-refractivity contribution is 5.41. The first-order valence-electron chi connectivity index (χ1n) is 4.94. The Hall–Kier alpha value is -1.66. The average Bonchev–Trinajstić information content (AvgIpc) is 2.70. The predicted molar refractivity (Wildman–Crippen MR) is 58.1 cm³/mol. The van der Waals surface area contributed by atoms with Gasteiger partial charge in [-0.25, -0.2) is 4.98 Å². The Labute approximate surface area is 92.7 Å². The molecule has 2 rings (SSSR count). The van der Waals surface area contributed by atoms with Gasteiger partial charge in [-0.05, 0) is 6.92 Å². The summed E-state index contributed by atoms with van der Waals surface area (Å²) in [5.74, 6) is 0.563. The number of ether oxygens (including phenoxy) is 1. The molecule has 0 aliphatic heterocycles. The highest BCUT2D eigenvalue weighted by Gasteiger charge is 2.17. The van der Waals surface area contributed by atoms with Gasteiger partial charge in [-0.2, -0.15) is 0 Å². The Morgan fingerprint density at radius 2 is 2.25 bits per heavy atom. The molecular formula is C10H14N4O2. The molecular weight excluding hydrogens is 208 g/mol. The van der Waals surface area contributed by atoms with E-state index in [2.05, 4.69) is 9.97 Å². The first kappa shape index (κ1) is 10.8. The van der Waals surface area contributed by atoms with Crippen molar-refractivity contribution in [2.24, 2.45) is 5.73 Å². The van der Waals surface area contributed by atoms with Gasteiger partial charge in [-0.1, -0.05) is 0 Å². The molecule has 0 spiro atoms. The van der Waals surface area contributed by atoms with Gasteiger partial charge < -0.3 is 15.6 Å². The van der Waals surface area contributed by atoms with E-state index in [0.717, 1.165) is 0 Å². The van der Waals surface area contributed by atoms with Gasteiger partial charge in [0, 0.05) is 12.2 Å². The number of hydrogen-bond donors (Lipinski definition) is 2. The number of methoxy groups -OCH3 is 1. The van der Waals surface area contributed by atoms with Gasteiger partial charge in [-0.3, -0.25) is 9.38 Å². The van der Waals surface area contributed by atoms with Crippen molar-refractivity contribution in [1.29, 1.82) is 0 Å². The smallest absolute Gasteiger partial charge is 0.218 e. The van der Waals surface area contributed by atoms with Crippen molar-refractivity contribution >= 4 is 5.65 Å². The van der Waals surface area contributed by atoms with Crippen molar-refractivity contribution in [2.75, 3.05) is 7.11 Å². The average molecular weight is 222 g/mol. The summed E-state index contributed by atoms with van der Waals surface area (Å²) >= 11 is 0. The molecule has 0 aliphatic rings.